The maximum atomic E-state index is 12.5. The Bertz CT molecular complexity index is 1510. The van der Waals surface area contributed by atoms with Crippen molar-refractivity contribution < 1.29 is 82.9 Å². The summed E-state index contributed by atoms with van der Waals surface area (Å²) in [5.41, 5.74) is 5.41. The minimum Gasteiger partial charge on any atom is -0.462 e. The van der Waals surface area contributed by atoms with Gasteiger partial charge in [-0.25, -0.2) is 13.5 Å². The number of hydrogen-bond donors (Lipinski definition) is 3. The first-order valence-corrected chi connectivity index (χ1v) is 25.5. The number of phosphoric acid groups is 1. The molecule has 2 fully saturated rings. The molecule has 3 unspecified atom stereocenters. The van der Waals surface area contributed by atoms with Gasteiger partial charge in [-0.3, -0.25) is 23.2 Å². The molecule has 0 aromatic carbocycles. The number of hydrogen-bond acceptors (Lipinski definition) is 16. The van der Waals surface area contributed by atoms with E-state index in [2.05, 4.69) is 4.18 Å². The molecule has 2 aliphatic rings. The van der Waals surface area contributed by atoms with Crippen LogP contribution < -0.4 is 5.73 Å². The summed E-state index contributed by atoms with van der Waals surface area (Å²) in [5, 5.41) is 0. The number of phosphoric ester groups is 1. The van der Waals surface area contributed by atoms with Crippen LogP contribution in [0, 0.1) is 0 Å². The first kappa shape index (κ1) is 57.1. The Balaban J connectivity index is 1.63. The van der Waals surface area contributed by atoms with Crippen LogP contribution in [0.25, 0.3) is 0 Å². The molecular weight excluding hydrogens is 868 g/mol. The van der Waals surface area contributed by atoms with Gasteiger partial charge in [0.05, 0.1) is 46.6 Å². The number of ether oxygens (including phenoxy) is 6. The van der Waals surface area contributed by atoms with Crippen molar-refractivity contribution in [2.45, 2.75) is 179 Å². The first-order valence-electron chi connectivity index (χ1n) is 22.6. The van der Waals surface area contributed by atoms with E-state index in [1.54, 1.807) is 6.08 Å². The van der Waals surface area contributed by atoms with Crippen LogP contribution >= 0.6 is 7.82 Å². The van der Waals surface area contributed by atoms with Crippen LogP contribution in [0.5, 0.6) is 0 Å². The van der Waals surface area contributed by atoms with E-state index in [9.17, 15) is 32.3 Å². The summed E-state index contributed by atoms with van der Waals surface area (Å²) >= 11 is 0. The van der Waals surface area contributed by atoms with E-state index >= 15 is 0 Å². The van der Waals surface area contributed by atoms with Crippen molar-refractivity contribution in [1.29, 1.82) is 0 Å². The molecule has 0 amide bonds. The molecule has 63 heavy (non-hydrogen) atoms. The lowest BCUT2D eigenvalue weighted by Crippen LogP contribution is -2.49. The minimum atomic E-state index is -4.58. The maximum Gasteiger partial charge on any atom is 0.472 e. The van der Waals surface area contributed by atoms with Crippen LogP contribution in [0.15, 0.2) is 12.2 Å². The second-order valence-electron chi connectivity index (χ2n) is 17.4. The zero-order chi connectivity index (χ0) is 46.8. The highest BCUT2D eigenvalue weighted by atomic mass is 32.3. The number of likely N-dealkylation sites (N-methyl/N-ethyl adjacent to an activating group) is 1. The highest BCUT2D eigenvalue weighted by Crippen LogP contribution is 2.46. The SMILES string of the molecule is CC(=O)OCC(COP(=O)(O)OCC[N+](C)(C)C)OC(=O)/C=C/CCCCC[C@H]1O[C@@]2(CCCCCCCCCCCCCCOCC(N)OS(=O)(=O)O)O[C@H]1CC[C@@H]2OC(C)=O. The van der Waals surface area contributed by atoms with Gasteiger partial charge in [0.15, 0.2) is 18.4 Å². The molecule has 0 aliphatic carbocycles. The lowest BCUT2D eigenvalue weighted by molar-refractivity contribution is -0.870. The number of carbonyl (C=O) groups excluding carboxylic acids is 3. The number of quaternary nitrogens is 1. The maximum absolute atomic E-state index is 12.5. The fourth-order valence-corrected chi connectivity index (χ4v) is 8.47. The summed E-state index contributed by atoms with van der Waals surface area (Å²) in [6.45, 7) is 2.56. The van der Waals surface area contributed by atoms with Crippen molar-refractivity contribution >= 4 is 36.1 Å². The third-order valence-electron chi connectivity index (χ3n) is 10.5. The van der Waals surface area contributed by atoms with Crippen LogP contribution in [0.3, 0.4) is 0 Å². The zero-order valence-electron chi connectivity index (χ0n) is 38.3. The number of allylic oxidation sites excluding steroid dienone is 1. The van der Waals surface area contributed by atoms with Gasteiger partial charge in [0, 0.05) is 33.0 Å². The monoisotopic (exact) mass is 945 g/mol. The summed E-state index contributed by atoms with van der Waals surface area (Å²) in [4.78, 5) is 45.9. The molecule has 0 aromatic rings. The van der Waals surface area contributed by atoms with Gasteiger partial charge in [-0.2, -0.15) is 8.42 Å². The zero-order valence-corrected chi connectivity index (χ0v) is 40.0. The Morgan fingerprint density at radius 1 is 0.825 bits per heavy atom. The van der Waals surface area contributed by atoms with Gasteiger partial charge in [-0.05, 0) is 44.9 Å². The second kappa shape index (κ2) is 30.3. The van der Waals surface area contributed by atoms with Gasteiger partial charge < -0.3 is 43.5 Å². The van der Waals surface area contributed by atoms with Crippen molar-refractivity contribution in [3.63, 3.8) is 0 Å². The van der Waals surface area contributed by atoms with Crippen molar-refractivity contribution in [1.82, 2.24) is 0 Å². The molecule has 0 saturated carbocycles. The van der Waals surface area contributed by atoms with Crippen LogP contribution in [0.1, 0.15) is 142 Å². The lowest BCUT2D eigenvalue weighted by Gasteiger charge is -2.38. The summed E-state index contributed by atoms with van der Waals surface area (Å²) in [5.74, 6) is -2.56. The van der Waals surface area contributed by atoms with Gasteiger partial charge in [-0.15, -0.1) is 0 Å². The Labute approximate surface area is 375 Å². The van der Waals surface area contributed by atoms with E-state index in [1.807, 2.05) is 21.1 Å². The quantitative estimate of drug-likeness (QED) is 0.00915. The van der Waals surface area contributed by atoms with Crippen molar-refractivity contribution in [2.24, 2.45) is 5.73 Å². The first-order chi connectivity index (χ1) is 29.7. The molecule has 2 saturated heterocycles. The highest BCUT2D eigenvalue weighted by molar-refractivity contribution is 7.80. The molecule has 19 nitrogen and oxygen atoms in total. The molecule has 7 atom stereocenters. The number of esters is 3. The van der Waals surface area contributed by atoms with Gasteiger partial charge >= 0.3 is 36.1 Å². The molecule has 368 valence electrons. The number of nitrogens with zero attached hydrogens (tertiary/aromatic N) is 1. The predicted molar refractivity (Wildman–Crippen MR) is 232 cm³/mol. The summed E-state index contributed by atoms with van der Waals surface area (Å²) in [6, 6.07) is 0. The second-order valence-corrected chi connectivity index (χ2v) is 19.9. The van der Waals surface area contributed by atoms with Crippen LogP contribution in [-0.2, 0) is 71.0 Å². The molecule has 0 aromatic heterocycles. The number of unbranched alkanes of at least 4 members (excludes halogenated alkanes) is 14. The smallest absolute Gasteiger partial charge is 0.462 e. The van der Waals surface area contributed by atoms with Crippen LogP contribution in [0.4, 0.5) is 0 Å². The topological polar surface area (TPSA) is 252 Å². The van der Waals surface area contributed by atoms with Crippen LogP contribution in [-0.4, -0.2) is 137 Å². The Morgan fingerprint density at radius 2 is 1.44 bits per heavy atom. The molecular formula is C42H78N2O17PS+. The largest absolute Gasteiger partial charge is 0.472 e. The third kappa shape index (κ3) is 27.9. The summed E-state index contributed by atoms with van der Waals surface area (Å²) in [6.07, 6.45) is 19.4. The fraction of sp³-hybridized carbons (Fsp3) is 0.881. The summed E-state index contributed by atoms with van der Waals surface area (Å²) in [7, 11) is -3.28. The van der Waals surface area contributed by atoms with E-state index in [0.29, 0.717) is 36.9 Å². The number of rotatable bonds is 37. The number of nitrogens with two attached hydrogens (primary N) is 1. The molecule has 2 heterocycles. The van der Waals surface area contributed by atoms with Crippen molar-refractivity contribution in [3.8, 4) is 0 Å². The Morgan fingerprint density at radius 3 is 2.05 bits per heavy atom. The van der Waals surface area contributed by atoms with Gasteiger partial charge in [0.2, 0.25) is 5.79 Å². The fourth-order valence-electron chi connectivity index (χ4n) is 7.36. The number of carbonyl (C=O) groups is 3. The van der Waals surface area contributed by atoms with Gasteiger partial charge in [-0.1, -0.05) is 83.1 Å². The average molecular weight is 946 g/mol. The van der Waals surface area contributed by atoms with E-state index in [4.69, 9.17) is 47.8 Å². The normalized spacial score (nSPS) is 22.1. The third-order valence-corrected chi connectivity index (χ3v) is 12.0. The molecule has 2 aliphatic heterocycles. The van der Waals surface area contributed by atoms with Gasteiger partial charge in [0.1, 0.15) is 19.8 Å². The Hall–Kier alpha value is -2.07. The molecule has 0 spiro atoms. The minimum absolute atomic E-state index is 0.0216. The molecule has 0 radical (unpaired) electrons. The van der Waals surface area contributed by atoms with E-state index < -0.39 is 61.0 Å². The van der Waals surface area contributed by atoms with E-state index in [-0.39, 0.29) is 38.0 Å². The predicted octanol–water partition coefficient (Wildman–Crippen LogP) is 6.21. The standard InChI is InChI=1S/C42H77N2O17PS/c1-34(45)54-31-36(32-56-62(48,49)55-30-28-44(3,4)5)58-41(47)24-20-16-14-15-19-23-37-38-25-26-39(57-35(2)46)42(59-37,60-38)27-21-17-12-10-8-6-7-9-11-13-18-22-29-53-33-40(43)61-63(50,51)52/h20,24,36-40H,6-19,21-23,25-33,43H2,1-5H3,(H-,48,49,50,51,52)/p+1/b24-20+/t36?,37-,38+,39+,40?,42+/m1/s1. The van der Waals surface area contributed by atoms with Crippen LogP contribution in [0.2, 0.25) is 0 Å². The molecule has 4 N–H and O–H groups in total. The van der Waals surface area contributed by atoms with Crippen molar-refractivity contribution in [3.05, 3.63) is 12.2 Å². The summed E-state index contributed by atoms with van der Waals surface area (Å²) < 4.78 is 91.3. The average Bonchev–Trinajstić information content (AvgIpc) is 3.46. The van der Waals surface area contributed by atoms with Gasteiger partial charge in [0.25, 0.3) is 0 Å². The van der Waals surface area contributed by atoms with E-state index in [1.165, 1.54) is 52.0 Å². The molecule has 2 rings (SSSR count). The van der Waals surface area contributed by atoms with E-state index in [0.717, 1.165) is 77.0 Å². The lowest BCUT2D eigenvalue weighted by atomic mass is 9.93. The number of fused-ring (bicyclic) bond motifs is 2. The Kier molecular flexibility index (Phi) is 27.4. The molecule has 21 heteroatoms. The molecule has 2 bridgehead atoms. The van der Waals surface area contributed by atoms with Crippen molar-refractivity contribution in [2.75, 3.05) is 60.7 Å². The highest BCUT2D eigenvalue weighted by Gasteiger charge is 2.56.